The number of methoxy groups -OCH3 is 1. The van der Waals surface area contributed by atoms with Crippen LogP contribution in [0.3, 0.4) is 0 Å². The highest BCUT2D eigenvalue weighted by Gasteiger charge is 2.49. The number of hydrogen-bond acceptors (Lipinski definition) is 5. The van der Waals surface area contributed by atoms with Crippen molar-refractivity contribution in [2.45, 2.75) is 32.9 Å². The fourth-order valence-corrected chi connectivity index (χ4v) is 3.42. The molecule has 3 amide bonds. The van der Waals surface area contributed by atoms with Gasteiger partial charge < -0.3 is 14.8 Å². The topological polar surface area (TPSA) is 84.9 Å². The lowest BCUT2D eigenvalue weighted by Gasteiger charge is -2.23. The van der Waals surface area contributed by atoms with Gasteiger partial charge in [-0.15, -0.1) is 0 Å². The molecule has 3 rings (SSSR count). The van der Waals surface area contributed by atoms with Crippen LogP contribution in [0.2, 0.25) is 0 Å². The molecule has 0 aliphatic carbocycles. The number of carbonyl (C=O) groups excluding carboxylic acids is 3. The second kappa shape index (κ2) is 7.95. The summed E-state index contributed by atoms with van der Waals surface area (Å²) in [4.78, 5) is 38.8. The number of nitrogens with one attached hydrogen (secondary N) is 1. The first-order valence-corrected chi connectivity index (χ1v) is 9.35. The summed E-state index contributed by atoms with van der Waals surface area (Å²) < 4.78 is 10.3. The molecule has 1 fully saturated rings. The van der Waals surface area contributed by atoms with Gasteiger partial charge in [0.1, 0.15) is 11.3 Å². The number of esters is 1. The molecule has 1 aliphatic heterocycles. The Hall–Kier alpha value is -3.35. The molecule has 29 heavy (non-hydrogen) atoms. The number of nitrogens with zero attached hydrogens (tertiary/aromatic N) is 1. The molecule has 1 heterocycles. The van der Waals surface area contributed by atoms with Crippen LogP contribution in [-0.4, -0.2) is 36.5 Å². The van der Waals surface area contributed by atoms with E-state index in [0.29, 0.717) is 22.4 Å². The Balaban J connectivity index is 1.85. The van der Waals surface area contributed by atoms with E-state index >= 15 is 0 Å². The van der Waals surface area contributed by atoms with E-state index < -0.39 is 17.5 Å². The van der Waals surface area contributed by atoms with Gasteiger partial charge >= 0.3 is 12.0 Å². The minimum Gasteiger partial charge on any atom is -0.496 e. The average molecular weight is 396 g/mol. The molecule has 1 saturated heterocycles. The smallest absolute Gasteiger partial charge is 0.338 e. The van der Waals surface area contributed by atoms with Gasteiger partial charge in [-0.3, -0.25) is 9.69 Å². The first kappa shape index (κ1) is 20.4. The molecule has 2 aromatic rings. The predicted molar refractivity (Wildman–Crippen MR) is 107 cm³/mol. The molecule has 7 nitrogen and oxygen atoms in total. The summed E-state index contributed by atoms with van der Waals surface area (Å²) in [7, 11) is 1.58. The second-order valence-electron chi connectivity index (χ2n) is 7.05. The first-order valence-electron chi connectivity index (χ1n) is 9.35. The molecule has 0 bridgehead atoms. The minimum absolute atomic E-state index is 0.0582. The van der Waals surface area contributed by atoms with Gasteiger partial charge in [0.2, 0.25) is 0 Å². The van der Waals surface area contributed by atoms with Crippen molar-refractivity contribution in [2.24, 2.45) is 0 Å². The van der Waals surface area contributed by atoms with Crippen LogP contribution in [0, 0.1) is 6.92 Å². The van der Waals surface area contributed by atoms with Crippen molar-refractivity contribution < 1.29 is 23.9 Å². The fourth-order valence-electron chi connectivity index (χ4n) is 3.42. The third-order valence-corrected chi connectivity index (χ3v) is 5.03. The normalized spacial score (nSPS) is 18.6. The van der Waals surface area contributed by atoms with Crippen molar-refractivity contribution in [1.29, 1.82) is 0 Å². The summed E-state index contributed by atoms with van der Waals surface area (Å²) >= 11 is 0. The van der Waals surface area contributed by atoms with E-state index in [9.17, 15) is 14.4 Å². The molecule has 0 saturated carbocycles. The van der Waals surface area contributed by atoms with Gasteiger partial charge in [-0.1, -0.05) is 18.2 Å². The Morgan fingerprint density at radius 2 is 1.93 bits per heavy atom. The zero-order valence-electron chi connectivity index (χ0n) is 16.9. The molecule has 0 radical (unpaired) electrons. The largest absolute Gasteiger partial charge is 0.496 e. The van der Waals surface area contributed by atoms with E-state index in [2.05, 4.69) is 5.32 Å². The van der Waals surface area contributed by atoms with Crippen LogP contribution in [0.1, 0.15) is 40.9 Å². The molecule has 1 unspecified atom stereocenters. The standard InChI is InChI=1S/C22H24N2O5/c1-5-29-19(25)16-8-6-7-15(12-16)13-24-20(26)22(3,23-21(24)27)17-9-10-18(28-4)14(2)11-17/h6-12H,5,13H2,1-4H3,(H,23,27). The monoisotopic (exact) mass is 396 g/mol. The van der Waals surface area contributed by atoms with Crippen LogP contribution < -0.4 is 10.1 Å². The summed E-state index contributed by atoms with van der Waals surface area (Å²) in [5.74, 6) is -0.0829. The zero-order chi connectivity index (χ0) is 21.2. The van der Waals surface area contributed by atoms with Crippen LogP contribution in [0.25, 0.3) is 0 Å². The van der Waals surface area contributed by atoms with Crippen LogP contribution >= 0.6 is 0 Å². The predicted octanol–water partition coefficient (Wildman–Crippen LogP) is 3.15. The van der Waals surface area contributed by atoms with E-state index in [1.54, 1.807) is 57.4 Å². The van der Waals surface area contributed by atoms with Gasteiger partial charge in [0.25, 0.3) is 5.91 Å². The summed E-state index contributed by atoms with van der Waals surface area (Å²) in [5.41, 5.74) is 1.41. The fraction of sp³-hybridized carbons (Fsp3) is 0.318. The molecular weight excluding hydrogens is 372 g/mol. The number of hydrogen-bond donors (Lipinski definition) is 1. The Morgan fingerprint density at radius 3 is 2.59 bits per heavy atom. The van der Waals surface area contributed by atoms with Crippen LogP contribution in [0.15, 0.2) is 42.5 Å². The highest BCUT2D eigenvalue weighted by Crippen LogP contribution is 2.32. The molecule has 1 N–H and O–H groups in total. The summed E-state index contributed by atoms with van der Waals surface area (Å²) in [6.07, 6.45) is 0. The number of carbonyl (C=O) groups is 3. The van der Waals surface area contributed by atoms with Gasteiger partial charge in [0, 0.05) is 0 Å². The van der Waals surface area contributed by atoms with E-state index in [1.165, 1.54) is 0 Å². The maximum atomic E-state index is 13.1. The van der Waals surface area contributed by atoms with Gasteiger partial charge in [0.05, 0.1) is 25.8 Å². The van der Waals surface area contributed by atoms with E-state index in [-0.39, 0.29) is 19.1 Å². The summed E-state index contributed by atoms with van der Waals surface area (Å²) in [6, 6.07) is 11.6. The number of rotatable bonds is 6. The van der Waals surface area contributed by atoms with Crippen LogP contribution in [0.5, 0.6) is 5.75 Å². The molecule has 2 aromatic carbocycles. The van der Waals surface area contributed by atoms with Crippen molar-refractivity contribution in [1.82, 2.24) is 10.2 Å². The number of imide groups is 1. The first-order chi connectivity index (χ1) is 13.8. The minimum atomic E-state index is -1.17. The van der Waals surface area contributed by atoms with E-state index in [0.717, 1.165) is 10.5 Å². The van der Waals surface area contributed by atoms with Gasteiger partial charge in [0.15, 0.2) is 0 Å². The molecular formula is C22H24N2O5. The Labute approximate surface area is 169 Å². The average Bonchev–Trinajstić information content (AvgIpc) is 2.92. The number of amides is 3. The van der Waals surface area contributed by atoms with Crippen LogP contribution in [-0.2, 0) is 21.6 Å². The SMILES string of the molecule is CCOC(=O)c1cccc(CN2C(=O)NC(C)(c3ccc(OC)c(C)c3)C2=O)c1. The van der Waals surface area contributed by atoms with Crippen molar-refractivity contribution in [3.63, 3.8) is 0 Å². The van der Waals surface area contributed by atoms with E-state index in [1.807, 2.05) is 13.0 Å². The Morgan fingerprint density at radius 1 is 1.17 bits per heavy atom. The zero-order valence-corrected chi connectivity index (χ0v) is 16.9. The highest BCUT2D eigenvalue weighted by molar-refractivity contribution is 6.07. The second-order valence-corrected chi connectivity index (χ2v) is 7.05. The number of aryl methyl sites for hydroxylation is 1. The van der Waals surface area contributed by atoms with Gasteiger partial charge in [-0.2, -0.15) is 0 Å². The molecule has 0 spiro atoms. The lowest BCUT2D eigenvalue weighted by molar-refractivity contribution is -0.131. The van der Waals surface area contributed by atoms with Crippen molar-refractivity contribution in [2.75, 3.05) is 13.7 Å². The quantitative estimate of drug-likeness (QED) is 0.599. The molecule has 0 aromatic heterocycles. The van der Waals surface area contributed by atoms with Crippen LogP contribution in [0.4, 0.5) is 4.79 Å². The molecule has 1 atom stereocenters. The van der Waals surface area contributed by atoms with Gasteiger partial charge in [-0.05, 0) is 61.7 Å². The summed E-state index contributed by atoms with van der Waals surface area (Å²) in [6.45, 7) is 5.63. The number of benzene rings is 2. The van der Waals surface area contributed by atoms with E-state index in [4.69, 9.17) is 9.47 Å². The molecule has 152 valence electrons. The lowest BCUT2D eigenvalue weighted by Crippen LogP contribution is -2.40. The summed E-state index contributed by atoms with van der Waals surface area (Å²) in [5, 5.41) is 2.79. The van der Waals surface area contributed by atoms with Crippen molar-refractivity contribution in [3.8, 4) is 5.75 Å². The molecule has 7 heteroatoms. The van der Waals surface area contributed by atoms with Crippen molar-refractivity contribution >= 4 is 17.9 Å². The third-order valence-electron chi connectivity index (χ3n) is 5.03. The maximum absolute atomic E-state index is 13.1. The van der Waals surface area contributed by atoms with Crippen molar-refractivity contribution in [3.05, 3.63) is 64.7 Å². The number of urea groups is 1. The molecule has 1 aliphatic rings. The Kier molecular flexibility index (Phi) is 5.59. The third kappa shape index (κ3) is 3.81. The lowest BCUT2D eigenvalue weighted by atomic mass is 9.90. The Bertz CT molecular complexity index is 971. The van der Waals surface area contributed by atoms with Gasteiger partial charge in [-0.25, -0.2) is 9.59 Å². The number of ether oxygens (including phenoxy) is 2. The highest BCUT2D eigenvalue weighted by atomic mass is 16.5. The maximum Gasteiger partial charge on any atom is 0.338 e.